The second-order valence-corrected chi connectivity index (χ2v) is 16.3. The molecule has 0 radical (unpaired) electrons. The summed E-state index contributed by atoms with van der Waals surface area (Å²) in [5, 5.41) is 7.72. The first-order valence-electron chi connectivity index (χ1n) is 16.3. The number of benzene rings is 6. The predicted octanol–water partition coefficient (Wildman–Crippen LogP) is 6.53. The smallest absolute Gasteiger partial charge is 0.131 e. The van der Waals surface area contributed by atoms with Crippen LogP contribution < -0.4 is 41.3 Å². The van der Waals surface area contributed by atoms with Crippen LogP contribution in [0.15, 0.2) is 158 Å². The van der Waals surface area contributed by atoms with Crippen LogP contribution in [0.25, 0.3) is 0 Å². The normalized spacial score (nSPS) is 17.2. The average molecular weight is 651 g/mol. The molecule has 0 N–H and O–H groups in total. The van der Waals surface area contributed by atoms with Gasteiger partial charge in [0.25, 0.3) is 0 Å². The van der Waals surface area contributed by atoms with E-state index in [9.17, 15) is 0 Å². The average Bonchev–Trinajstić information content (AvgIpc) is 3.27. The third-order valence-electron chi connectivity index (χ3n) is 8.76. The first kappa shape index (κ1) is 30.1. The third-order valence-corrected chi connectivity index (χ3v) is 13.7. The second-order valence-electron chi connectivity index (χ2n) is 12.0. The molecule has 2 aliphatic heterocycles. The number of hydrogen-bond acceptors (Lipinski definition) is 3. The van der Waals surface area contributed by atoms with Gasteiger partial charge in [-0.25, -0.2) is 0 Å². The van der Waals surface area contributed by atoms with Crippen LogP contribution in [0.3, 0.4) is 0 Å². The highest BCUT2D eigenvalue weighted by molar-refractivity contribution is 7.80. The van der Waals surface area contributed by atoms with Gasteiger partial charge in [-0.2, -0.15) is 0 Å². The fraction of sp³-hybridized carbons (Fsp3) is 0.143. The summed E-state index contributed by atoms with van der Waals surface area (Å²) >= 11 is 0. The topological polar surface area (TPSA) is 27.7 Å². The minimum Gasteiger partial charge on any atom is -0.487 e. The molecule has 2 aliphatic rings. The maximum Gasteiger partial charge on any atom is 0.131 e. The molecule has 0 amide bonds. The van der Waals surface area contributed by atoms with Crippen molar-refractivity contribution in [3.8, 4) is 11.5 Å². The predicted molar refractivity (Wildman–Crippen MR) is 197 cm³/mol. The molecule has 8 rings (SSSR count). The van der Waals surface area contributed by atoms with Crippen molar-refractivity contribution in [1.29, 1.82) is 0 Å². The van der Waals surface area contributed by atoms with Crippen molar-refractivity contribution in [2.24, 2.45) is 0 Å². The molecule has 0 saturated heterocycles. The molecule has 2 heterocycles. The van der Waals surface area contributed by atoms with Crippen molar-refractivity contribution in [3.05, 3.63) is 169 Å². The van der Waals surface area contributed by atoms with Gasteiger partial charge in [0.2, 0.25) is 0 Å². The molecule has 6 aromatic rings. The van der Waals surface area contributed by atoms with E-state index in [2.05, 4.69) is 158 Å². The van der Waals surface area contributed by atoms with Crippen LogP contribution in [0.1, 0.15) is 11.1 Å². The summed E-state index contributed by atoms with van der Waals surface area (Å²) in [5.41, 5.74) is 2.35. The van der Waals surface area contributed by atoms with Gasteiger partial charge in [-0.1, -0.05) is 158 Å². The highest BCUT2D eigenvalue weighted by Gasteiger charge is 2.32. The molecule has 3 nitrogen and oxygen atoms in total. The van der Waals surface area contributed by atoms with E-state index in [-0.39, 0.29) is 12.2 Å². The Labute approximate surface area is 279 Å². The minimum absolute atomic E-state index is 0.160. The van der Waals surface area contributed by atoms with Crippen molar-refractivity contribution in [2.45, 2.75) is 25.0 Å². The number of ether oxygens (including phenoxy) is 3. The van der Waals surface area contributed by atoms with Crippen LogP contribution in [0.2, 0.25) is 0 Å². The first-order chi connectivity index (χ1) is 23.3. The molecular weight excluding hydrogens is 614 g/mol. The van der Waals surface area contributed by atoms with Crippen LogP contribution in [-0.4, -0.2) is 25.4 Å². The zero-order valence-electron chi connectivity index (χ0n) is 26.1. The fourth-order valence-corrected chi connectivity index (χ4v) is 11.5. The van der Waals surface area contributed by atoms with E-state index < -0.39 is 15.8 Å². The number of rotatable bonds is 6. The molecule has 47 heavy (non-hydrogen) atoms. The van der Waals surface area contributed by atoms with Gasteiger partial charge in [0.15, 0.2) is 0 Å². The van der Waals surface area contributed by atoms with Crippen molar-refractivity contribution < 1.29 is 14.2 Å². The van der Waals surface area contributed by atoms with E-state index in [4.69, 9.17) is 14.2 Å². The molecule has 0 aromatic heterocycles. The lowest BCUT2D eigenvalue weighted by atomic mass is 10.0. The minimum atomic E-state index is -0.836. The van der Waals surface area contributed by atoms with Crippen LogP contribution >= 0.6 is 15.8 Å². The zero-order valence-corrected chi connectivity index (χ0v) is 27.9. The molecule has 2 bridgehead atoms. The van der Waals surface area contributed by atoms with E-state index in [1.165, 1.54) is 43.0 Å². The molecule has 2 atom stereocenters. The number of para-hydroxylation sites is 2. The van der Waals surface area contributed by atoms with Crippen LogP contribution in [0, 0.1) is 0 Å². The van der Waals surface area contributed by atoms with E-state index in [0.29, 0.717) is 26.1 Å². The van der Waals surface area contributed by atoms with Gasteiger partial charge in [0.05, 0.1) is 13.2 Å². The zero-order chi connectivity index (χ0) is 31.4. The summed E-state index contributed by atoms with van der Waals surface area (Å²) in [4.78, 5) is 0. The Kier molecular flexibility index (Phi) is 8.87. The van der Waals surface area contributed by atoms with E-state index >= 15 is 0 Å². The fourth-order valence-electron chi connectivity index (χ4n) is 6.68. The largest absolute Gasteiger partial charge is 0.487 e. The summed E-state index contributed by atoms with van der Waals surface area (Å²) in [6.07, 6.45) is 1.08. The standard InChI is InChI=1S/C42H36O3P2/c1-5-17-35(18-6-1)46(36-19-7-2-8-20-36)39-25-13-15-31-27-34-30-43-29-33(44-41(31)39)28-32-16-14-26-40(42(32)45-34)47(37-21-9-3-10-22-37)38-23-11-4-12-24-38/h1-26,33-34H,27-30H2/t33-,34?/m0/s1. The number of hydrogen-bond donors (Lipinski definition) is 0. The maximum atomic E-state index is 7.16. The molecule has 1 unspecified atom stereocenters. The lowest BCUT2D eigenvalue weighted by molar-refractivity contribution is 0.0210. The Balaban J connectivity index is 1.24. The SMILES string of the molecule is c1ccc(P(c2ccccc2)c2cccc3c2OC2COC[C@H](C3)Oc3c(cccc3P(c3ccccc3)c3ccccc3)C2)cc1. The van der Waals surface area contributed by atoms with Crippen molar-refractivity contribution >= 4 is 47.7 Å². The molecule has 0 fully saturated rings. The lowest BCUT2D eigenvalue weighted by Gasteiger charge is -2.30. The van der Waals surface area contributed by atoms with E-state index in [1.54, 1.807) is 0 Å². The van der Waals surface area contributed by atoms with Crippen molar-refractivity contribution in [1.82, 2.24) is 0 Å². The molecule has 0 aliphatic carbocycles. The Bertz CT molecular complexity index is 1710. The Morgan fingerprint density at radius 2 is 0.723 bits per heavy atom. The molecule has 5 heteroatoms. The second kappa shape index (κ2) is 13.8. The van der Waals surface area contributed by atoms with Crippen LogP contribution in [0.5, 0.6) is 11.5 Å². The Morgan fingerprint density at radius 3 is 1.06 bits per heavy atom. The summed E-state index contributed by atoms with van der Waals surface area (Å²) in [5.74, 6) is 1.98. The Hall–Kier alpha value is -4.26. The monoisotopic (exact) mass is 650 g/mol. The summed E-state index contributed by atoms with van der Waals surface area (Å²) in [6, 6.07) is 56.8. The first-order valence-corrected chi connectivity index (χ1v) is 19.0. The third kappa shape index (κ3) is 6.37. The lowest BCUT2D eigenvalue weighted by Crippen LogP contribution is -2.31. The number of fused-ring (bicyclic) bond motifs is 6. The highest BCUT2D eigenvalue weighted by Crippen LogP contribution is 2.42. The summed E-state index contributed by atoms with van der Waals surface area (Å²) < 4.78 is 20.7. The van der Waals surface area contributed by atoms with Gasteiger partial charge in [0.1, 0.15) is 23.7 Å². The van der Waals surface area contributed by atoms with E-state index in [1.807, 2.05) is 0 Å². The molecule has 0 saturated carbocycles. The molecular formula is C42H36O3P2. The summed E-state index contributed by atoms with van der Waals surface area (Å²) in [7, 11) is -1.67. The molecule has 232 valence electrons. The van der Waals surface area contributed by atoms with Gasteiger partial charge in [-0.3, -0.25) is 0 Å². The van der Waals surface area contributed by atoms with Crippen molar-refractivity contribution in [2.75, 3.05) is 13.2 Å². The van der Waals surface area contributed by atoms with Gasteiger partial charge in [-0.05, 0) is 48.2 Å². The van der Waals surface area contributed by atoms with E-state index in [0.717, 1.165) is 11.5 Å². The highest BCUT2D eigenvalue weighted by atomic mass is 31.1. The van der Waals surface area contributed by atoms with Crippen LogP contribution in [-0.2, 0) is 17.6 Å². The molecule has 6 aromatic carbocycles. The quantitative estimate of drug-likeness (QED) is 0.192. The van der Waals surface area contributed by atoms with Gasteiger partial charge < -0.3 is 14.2 Å². The molecule has 0 spiro atoms. The van der Waals surface area contributed by atoms with Gasteiger partial charge in [-0.15, -0.1) is 0 Å². The Morgan fingerprint density at radius 1 is 0.383 bits per heavy atom. The van der Waals surface area contributed by atoms with Crippen molar-refractivity contribution in [3.63, 3.8) is 0 Å². The summed E-state index contributed by atoms with van der Waals surface area (Å²) in [6.45, 7) is 1.02. The maximum absolute atomic E-state index is 7.16. The van der Waals surface area contributed by atoms with Gasteiger partial charge in [0, 0.05) is 23.5 Å². The van der Waals surface area contributed by atoms with Crippen LogP contribution in [0.4, 0.5) is 0 Å². The van der Waals surface area contributed by atoms with Gasteiger partial charge >= 0.3 is 0 Å².